The van der Waals surface area contributed by atoms with Crippen LogP contribution in [0, 0.1) is 0 Å². The minimum absolute atomic E-state index is 0.264. The van der Waals surface area contributed by atoms with Crippen LogP contribution in [0.1, 0.15) is 38.1 Å². The van der Waals surface area contributed by atoms with Gasteiger partial charge >= 0.3 is 5.97 Å². The lowest BCUT2D eigenvalue weighted by molar-refractivity contribution is -0.143. The third-order valence-electron chi connectivity index (χ3n) is 5.61. The molecule has 1 aliphatic heterocycles. The largest absolute Gasteiger partial charge is 0.459 e. The topological polar surface area (TPSA) is 73.8 Å². The van der Waals surface area contributed by atoms with Crippen molar-refractivity contribution in [1.82, 2.24) is 4.57 Å². The summed E-state index contributed by atoms with van der Waals surface area (Å²) < 4.78 is 13.5. The van der Waals surface area contributed by atoms with E-state index in [9.17, 15) is 9.59 Å². The molecule has 1 unspecified atom stereocenters. The quantitative estimate of drug-likeness (QED) is 0.293. The van der Waals surface area contributed by atoms with Crippen molar-refractivity contribution in [1.29, 1.82) is 0 Å². The summed E-state index contributed by atoms with van der Waals surface area (Å²) >= 11 is 8.88. The summed E-state index contributed by atoms with van der Waals surface area (Å²) in [5, 5.41) is 1.28. The molecule has 0 bridgehead atoms. The number of halogens is 1. The number of rotatable bonds is 6. The molecule has 188 valence electrons. The van der Waals surface area contributed by atoms with Gasteiger partial charge in [-0.2, -0.15) is 0 Å². The maximum Gasteiger partial charge on any atom is 0.338 e. The van der Waals surface area contributed by atoms with Crippen LogP contribution in [-0.2, 0) is 9.53 Å². The monoisotopic (exact) mass is 550 g/mol. The van der Waals surface area contributed by atoms with Crippen LogP contribution in [0.5, 0.6) is 0 Å². The van der Waals surface area contributed by atoms with Gasteiger partial charge in [0.05, 0.1) is 27.9 Å². The summed E-state index contributed by atoms with van der Waals surface area (Å²) in [5.41, 5.74) is 1.31. The van der Waals surface area contributed by atoms with Gasteiger partial charge in [-0.1, -0.05) is 65.0 Å². The van der Waals surface area contributed by atoms with Crippen molar-refractivity contribution in [2.24, 2.45) is 4.99 Å². The molecule has 0 spiro atoms. The van der Waals surface area contributed by atoms with Crippen molar-refractivity contribution in [2.75, 3.05) is 0 Å². The molecule has 2 aromatic carbocycles. The lowest BCUT2D eigenvalue weighted by Gasteiger charge is -2.25. The van der Waals surface area contributed by atoms with Gasteiger partial charge in [-0.25, -0.2) is 9.79 Å². The Hall–Kier alpha value is -3.33. The summed E-state index contributed by atoms with van der Waals surface area (Å²) in [6.45, 7) is 5.33. The zero-order chi connectivity index (χ0) is 26.1. The molecule has 6 nitrogen and oxygen atoms in total. The number of hydrogen-bond acceptors (Lipinski definition) is 7. The van der Waals surface area contributed by atoms with E-state index >= 15 is 0 Å². The number of carbonyl (C=O) groups excluding carboxylic acids is 1. The van der Waals surface area contributed by atoms with E-state index in [1.807, 2.05) is 54.6 Å². The van der Waals surface area contributed by atoms with Crippen molar-refractivity contribution in [3.8, 4) is 0 Å². The van der Waals surface area contributed by atoms with Crippen LogP contribution < -0.4 is 14.9 Å². The Labute approximate surface area is 226 Å². The standard InChI is InChI=1S/C28H23ClN2O4S2/c1-16(2)34-27(33)24-17(3)30-28-31(25(24)18-9-11-19(29)12-10-18)26(32)22(37-28)15-20-13-14-23(35-20)36-21-7-5-4-6-8-21/h4-16,25H,1-3H3/b22-15+. The van der Waals surface area contributed by atoms with Gasteiger partial charge in [0.25, 0.3) is 5.56 Å². The number of nitrogens with zero attached hydrogens (tertiary/aromatic N) is 2. The number of esters is 1. The van der Waals surface area contributed by atoms with E-state index in [1.54, 1.807) is 43.5 Å². The SMILES string of the molecule is CC1=C(C(=O)OC(C)C)C(c2ccc(Cl)cc2)n2c(s/c(=C/c3ccc(Sc4ccccc4)o3)c2=O)=N1. The number of carbonyl (C=O) groups is 1. The van der Waals surface area contributed by atoms with E-state index < -0.39 is 12.0 Å². The Morgan fingerprint density at radius 3 is 2.57 bits per heavy atom. The number of allylic oxidation sites excluding steroid dienone is 1. The van der Waals surface area contributed by atoms with Gasteiger partial charge < -0.3 is 9.15 Å². The van der Waals surface area contributed by atoms with E-state index in [-0.39, 0.29) is 11.7 Å². The molecule has 0 aliphatic carbocycles. The van der Waals surface area contributed by atoms with Crippen LogP contribution in [0.4, 0.5) is 0 Å². The predicted molar refractivity (Wildman–Crippen MR) is 146 cm³/mol. The highest BCUT2D eigenvalue weighted by Gasteiger charge is 2.33. The number of ether oxygens (including phenoxy) is 1. The van der Waals surface area contributed by atoms with Gasteiger partial charge in [0, 0.05) is 16.0 Å². The highest BCUT2D eigenvalue weighted by molar-refractivity contribution is 7.99. The van der Waals surface area contributed by atoms with E-state index in [0.717, 1.165) is 15.6 Å². The molecular weight excluding hydrogens is 528 g/mol. The molecule has 0 saturated carbocycles. The van der Waals surface area contributed by atoms with Crippen molar-refractivity contribution in [3.05, 3.63) is 114 Å². The molecule has 1 aliphatic rings. The second-order valence-electron chi connectivity index (χ2n) is 8.66. The number of benzene rings is 2. The zero-order valence-electron chi connectivity index (χ0n) is 20.3. The molecule has 9 heteroatoms. The second-order valence-corrected chi connectivity index (χ2v) is 11.2. The van der Waals surface area contributed by atoms with Crippen molar-refractivity contribution in [2.45, 2.75) is 42.9 Å². The number of fused-ring (bicyclic) bond motifs is 1. The summed E-state index contributed by atoms with van der Waals surface area (Å²) in [4.78, 5) is 33.0. The van der Waals surface area contributed by atoms with Gasteiger partial charge in [0.1, 0.15) is 5.76 Å². The highest BCUT2D eigenvalue weighted by atomic mass is 35.5. The van der Waals surface area contributed by atoms with Crippen LogP contribution in [0.3, 0.4) is 0 Å². The van der Waals surface area contributed by atoms with Crippen LogP contribution in [0.2, 0.25) is 5.02 Å². The number of hydrogen-bond donors (Lipinski definition) is 0. The Morgan fingerprint density at radius 1 is 1.14 bits per heavy atom. The van der Waals surface area contributed by atoms with Crippen molar-refractivity contribution < 1.29 is 13.9 Å². The summed E-state index contributed by atoms with van der Waals surface area (Å²) in [6, 6.07) is 20.0. The third kappa shape index (κ3) is 5.37. The fourth-order valence-corrected chi connectivity index (χ4v) is 5.97. The first-order valence-electron chi connectivity index (χ1n) is 11.6. The Bertz CT molecular complexity index is 1670. The van der Waals surface area contributed by atoms with E-state index in [2.05, 4.69) is 4.99 Å². The molecule has 2 aromatic heterocycles. The molecule has 0 saturated heterocycles. The summed E-state index contributed by atoms with van der Waals surface area (Å²) in [7, 11) is 0. The molecule has 1 atom stereocenters. The molecule has 0 N–H and O–H groups in total. The number of thiazole rings is 1. The van der Waals surface area contributed by atoms with Crippen molar-refractivity contribution >= 4 is 46.7 Å². The molecule has 4 aromatic rings. The fourth-order valence-electron chi connectivity index (χ4n) is 4.02. The first kappa shape index (κ1) is 25.3. The molecule has 0 amide bonds. The fraction of sp³-hybridized carbons (Fsp3) is 0.179. The van der Waals surface area contributed by atoms with E-state index in [4.69, 9.17) is 20.8 Å². The maximum atomic E-state index is 13.7. The average Bonchev–Trinajstić information content (AvgIpc) is 3.42. The summed E-state index contributed by atoms with van der Waals surface area (Å²) in [5.74, 6) is 0.0565. The minimum Gasteiger partial charge on any atom is -0.459 e. The smallest absolute Gasteiger partial charge is 0.338 e. The Balaban J connectivity index is 1.58. The van der Waals surface area contributed by atoms with Crippen LogP contribution in [0.25, 0.3) is 6.08 Å². The highest BCUT2D eigenvalue weighted by Crippen LogP contribution is 2.32. The maximum absolute atomic E-state index is 13.7. The van der Waals surface area contributed by atoms with Gasteiger partial charge in [0.2, 0.25) is 0 Å². The molecule has 0 radical (unpaired) electrons. The van der Waals surface area contributed by atoms with Gasteiger partial charge in [-0.3, -0.25) is 9.36 Å². The number of aromatic nitrogens is 1. The van der Waals surface area contributed by atoms with Crippen LogP contribution >= 0.6 is 34.7 Å². The average molecular weight is 551 g/mol. The number of furan rings is 1. The summed E-state index contributed by atoms with van der Waals surface area (Å²) in [6.07, 6.45) is 1.40. The molecule has 0 fully saturated rings. The third-order valence-corrected chi connectivity index (χ3v) is 7.77. The Kier molecular flexibility index (Phi) is 7.24. The lowest BCUT2D eigenvalue weighted by Crippen LogP contribution is -2.40. The Morgan fingerprint density at radius 2 is 1.86 bits per heavy atom. The van der Waals surface area contributed by atoms with Crippen LogP contribution in [-0.4, -0.2) is 16.6 Å². The van der Waals surface area contributed by atoms with Crippen LogP contribution in [0.15, 0.2) is 102 Å². The molecule has 5 rings (SSSR count). The zero-order valence-corrected chi connectivity index (χ0v) is 22.7. The molecular formula is C28H23ClN2O4S2. The second kappa shape index (κ2) is 10.6. The van der Waals surface area contributed by atoms with Gasteiger partial charge in [-0.05, 0) is 62.7 Å². The normalized spacial score (nSPS) is 15.6. The van der Waals surface area contributed by atoms with Gasteiger partial charge in [-0.15, -0.1) is 0 Å². The van der Waals surface area contributed by atoms with Gasteiger partial charge in [0.15, 0.2) is 9.89 Å². The molecule has 37 heavy (non-hydrogen) atoms. The minimum atomic E-state index is -0.692. The first-order valence-corrected chi connectivity index (χ1v) is 13.6. The first-order chi connectivity index (χ1) is 17.8. The van der Waals surface area contributed by atoms with Crippen molar-refractivity contribution in [3.63, 3.8) is 0 Å². The molecule has 3 heterocycles. The predicted octanol–water partition coefficient (Wildman–Crippen LogP) is 5.58. The van der Waals surface area contributed by atoms with E-state index in [1.165, 1.54) is 23.1 Å². The van der Waals surface area contributed by atoms with E-state index in [0.29, 0.717) is 31.4 Å². The lowest BCUT2D eigenvalue weighted by atomic mass is 9.96.